The van der Waals surface area contributed by atoms with Crippen molar-refractivity contribution in [3.63, 3.8) is 0 Å². The number of nitrogens with one attached hydrogen (secondary N) is 1. The van der Waals surface area contributed by atoms with Gasteiger partial charge in [0, 0.05) is 18.3 Å². The van der Waals surface area contributed by atoms with Crippen LogP contribution >= 0.6 is 0 Å². The Bertz CT molecular complexity index is 969. The Balaban J connectivity index is 2.05. The maximum atomic E-state index is 14.0. The average Bonchev–Trinajstić information content (AvgIpc) is 2.73. The van der Waals surface area contributed by atoms with Crippen LogP contribution in [-0.4, -0.2) is 47.3 Å². The molecule has 2 aromatic rings. The maximum Gasteiger partial charge on any atom is 0.328 e. The molecule has 0 aliphatic carbocycles. The molecule has 0 spiro atoms. The van der Waals surface area contributed by atoms with Crippen LogP contribution in [0.2, 0.25) is 0 Å². The Morgan fingerprint density at radius 2 is 1.78 bits per heavy atom. The molecule has 0 saturated heterocycles. The van der Waals surface area contributed by atoms with Crippen molar-refractivity contribution in [2.75, 3.05) is 7.11 Å². The summed E-state index contributed by atoms with van der Waals surface area (Å²) in [5, 5.41) is 12.4. The number of pyridine rings is 1. The molecule has 0 saturated carbocycles. The van der Waals surface area contributed by atoms with Crippen molar-refractivity contribution in [3.8, 4) is 17.2 Å². The SMILES string of the molecule is COc1ccnc(C(=O)N[C@@H](C)C(=O)O[C@@H](C)[C@H](Oc2cc(F)ccc2F)C(C)C)c1O. The summed E-state index contributed by atoms with van der Waals surface area (Å²) in [7, 11) is 1.32. The first-order valence-corrected chi connectivity index (χ1v) is 9.90. The number of amides is 1. The van der Waals surface area contributed by atoms with E-state index in [4.69, 9.17) is 14.2 Å². The highest BCUT2D eigenvalue weighted by Gasteiger charge is 2.30. The minimum atomic E-state index is -1.10. The Labute approximate surface area is 184 Å². The molecule has 174 valence electrons. The molecule has 1 amide bonds. The van der Waals surface area contributed by atoms with E-state index in [0.717, 1.165) is 18.2 Å². The van der Waals surface area contributed by atoms with Crippen molar-refractivity contribution in [2.45, 2.75) is 45.9 Å². The van der Waals surface area contributed by atoms with Crippen LogP contribution in [0.1, 0.15) is 38.2 Å². The van der Waals surface area contributed by atoms with Crippen LogP contribution in [0, 0.1) is 17.6 Å². The molecule has 1 heterocycles. The molecule has 8 nitrogen and oxygen atoms in total. The third-order valence-electron chi connectivity index (χ3n) is 4.60. The highest BCUT2D eigenvalue weighted by Crippen LogP contribution is 2.27. The highest BCUT2D eigenvalue weighted by atomic mass is 19.1. The van der Waals surface area contributed by atoms with E-state index in [0.29, 0.717) is 0 Å². The van der Waals surface area contributed by atoms with Gasteiger partial charge in [-0.25, -0.2) is 18.6 Å². The zero-order valence-electron chi connectivity index (χ0n) is 18.4. The summed E-state index contributed by atoms with van der Waals surface area (Å²) in [6.07, 6.45) is -0.371. The van der Waals surface area contributed by atoms with Crippen molar-refractivity contribution < 1.29 is 37.7 Å². The molecular weight excluding hydrogens is 426 g/mol. The minimum absolute atomic E-state index is 0.0514. The van der Waals surface area contributed by atoms with Gasteiger partial charge in [0.2, 0.25) is 0 Å². The first kappa shape index (κ1) is 24.8. The molecule has 10 heteroatoms. The molecule has 0 radical (unpaired) electrons. The molecule has 1 aromatic carbocycles. The van der Waals surface area contributed by atoms with Crippen LogP contribution in [0.4, 0.5) is 8.78 Å². The largest absolute Gasteiger partial charge is 0.503 e. The van der Waals surface area contributed by atoms with E-state index >= 15 is 0 Å². The van der Waals surface area contributed by atoms with Crippen LogP contribution in [-0.2, 0) is 9.53 Å². The van der Waals surface area contributed by atoms with E-state index in [-0.39, 0.29) is 23.1 Å². The Kier molecular flexibility index (Phi) is 8.34. The summed E-state index contributed by atoms with van der Waals surface area (Å²) >= 11 is 0. The molecule has 0 aliphatic heterocycles. The number of rotatable bonds is 9. The molecule has 0 aliphatic rings. The van der Waals surface area contributed by atoms with E-state index in [1.165, 1.54) is 26.3 Å². The molecule has 2 N–H and O–H groups in total. The fourth-order valence-electron chi connectivity index (χ4n) is 2.93. The zero-order chi connectivity index (χ0) is 24.0. The van der Waals surface area contributed by atoms with Gasteiger partial charge in [0.05, 0.1) is 7.11 Å². The van der Waals surface area contributed by atoms with Gasteiger partial charge >= 0.3 is 5.97 Å². The summed E-state index contributed by atoms with van der Waals surface area (Å²) in [4.78, 5) is 28.7. The first-order valence-electron chi connectivity index (χ1n) is 9.90. The van der Waals surface area contributed by atoms with Gasteiger partial charge in [-0.05, 0) is 31.9 Å². The van der Waals surface area contributed by atoms with Gasteiger partial charge in [0.25, 0.3) is 5.91 Å². The number of carbonyl (C=O) groups is 2. The van der Waals surface area contributed by atoms with Gasteiger partial charge in [-0.2, -0.15) is 0 Å². The lowest BCUT2D eigenvalue weighted by atomic mass is 10.0. The van der Waals surface area contributed by atoms with Crippen molar-refractivity contribution >= 4 is 11.9 Å². The smallest absolute Gasteiger partial charge is 0.328 e. The summed E-state index contributed by atoms with van der Waals surface area (Å²) in [6.45, 7) is 6.48. The van der Waals surface area contributed by atoms with Crippen LogP contribution in [0.25, 0.3) is 0 Å². The molecular formula is C22H26F2N2O6. The first-order chi connectivity index (χ1) is 15.0. The number of hydrogen-bond acceptors (Lipinski definition) is 7. The number of ether oxygens (including phenoxy) is 3. The molecule has 0 bridgehead atoms. The third kappa shape index (κ3) is 6.05. The number of benzene rings is 1. The summed E-state index contributed by atoms with van der Waals surface area (Å²) in [6, 6.07) is 3.10. The topological polar surface area (TPSA) is 107 Å². The molecule has 2 rings (SSSR count). The quantitative estimate of drug-likeness (QED) is 0.563. The highest BCUT2D eigenvalue weighted by molar-refractivity contribution is 5.97. The van der Waals surface area contributed by atoms with E-state index < -0.39 is 47.5 Å². The van der Waals surface area contributed by atoms with Crippen molar-refractivity contribution in [3.05, 3.63) is 47.8 Å². The number of aromatic hydroxyl groups is 1. The van der Waals surface area contributed by atoms with Crippen LogP contribution < -0.4 is 14.8 Å². The maximum absolute atomic E-state index is 14.0. The van der Waals surface area contributed by atoms with Gasteiger partial charge in [-0.1, -0.05) is 13.8 Å². The van der Waals surface area contributed by atoms with E-state index in [9.17, 15) is 23.5 Å². The third-order valence-corrected chi connectivity index (χ3v) is 4.60. The molecule has 0 fully saturated rings. The number of esters is 1. The number of aromatic nitrogens is 1. The fraction of sp³-hybridized carbons (Fsp3) is 0.409. The fourth-order valence-corrected chi connectivity index (χ4v) is 2.93. The van der Waals surface area contributed by atoms with Gasteiger partial charge in [0.15, 0.2) is 28.8 Å². The lowest BCUT2D eigenvalue weighted by Crippen LogP contribution is -2.44. The Hall–Kier alpha value is -3.43. The van der Waals surface area contributed by atoms with Gasteiger partial charge in [-0.15, -0.1) is 0 Å². The number of methoxy groups -OCH3 is 1. The van der Waals surface area contributed by atoms with Crippen LogP contribution in [0.5, 0.6) is 17.2 Å². The van der Waals surface area contributed by atoms with E-state index in [1.54, 1.807) is 20.8 Å². The molecule has 32 heavy (non-hydrogen) atoms. The number of carbonyl (C=O) groups excluding carboxylic acids is 2. The van der Waals surface area contributed by atoms with Crippen LogP contribution in [0.15, 0.2) is 30.5 Å². The van der Waals surface area contributed by atoms with E-state index in [2.05, 4.69) is 10.3 Å². The van der Waals surface area contributed by atoms with E-state index in [1.807, 2.05) is 0 Å². The van der Waals surface area contributed by atoms with Crippen LogP contribution in [0.3, 0.4) is 0 Å². The molecule has 0 unspecified atom stereocenters. The number of hydrogen-bond donors (Lipinski definition) is 2. The molecule has 1 aromatic heterocycles. The monoisotopic (exact) mass is 452 g/mol. The minimum Gasteiger partial charge on any atom is -0.503 e. The Morgan fingerprint density at radius 1 is 1.09 bits per heavy atom. The normalized spacial score (nSPS) is 13.8. The Morgan fingerprint density at radius 3 is 2.41 bits per heavy atom. The zero-order valence-corrected chi connectivity index (χ0v) is 18.4. The standard InChI is InChI=1S/C22H26F2N2O6/c1-11(2)20(32-17-10-14(23)6-7-15(17)24)13(4)31-22(29)12(3)26-21(28)18-19(27)16(30-5)8-9-25-18/h6-13,20,27H,1-5H3,(H,26,28)/t12-,13-,20+/m0/s1. The van der Waals surface area contributed by atoms with Crippen molar-refractivity contribution in [2.24, 2.45) is 5.92 Å². The second kappa shape index (κ2) is 10.7. The molecule has 3 atom stereocenters. The van der Waals surface area contributed by atoms with Crippen molar-refractivity contribution in [1.82, 2.24) is 10.3 Å². The summed E-state index contributed by atoms with van der Waals surface area (Å²) in [5.74, 6) is -3.95. The second-order valence-electron chi connectivity index (χ2n) is 7.45. The van der Waals surface area contributed by atoms with Gasteiger partial charge < -0.3 is 24.6 Å². The predicted molar refractivity (Wildman–Crippen MR) is 111 cm³/mol. The summed E-state index contributed by atoms with van der Waals surface area (Å²) < 4.78 is 43.3. The van der Waals surface area contributed by atoms with Gasteiger partial charge in [-0.3, -0.25) is 4.79 Å². The lowest BCUT2D eigenvalue weighted by molar-refractivity contribution is -0.155. The lowest BCUT2D eigenvalue weighted by Gasteiger charge is -2.29. The second-order valence-corrected chi connectivity index (χ2v) is 7.45. The number of halogens is 2. The van der Waals surface area contributed by atoms with Crippen molar-refractivity contribution in [1.29, 1.82) is 0 Å². The van der Waals surface area contributed by atoms with Gasteiger partial charge in [0.1, 0.15) is 24.1 Å². The summed E-state index contributed by atoms with van der Waals surface area (Å²) in [5.41, 5.74) is -0.318. The number of nitrogens with zero attached hydrogens (tertiary/aromatic N) is 1. The average molecular weight is 452 g/mol. The predicted octanol–water partition coefficient (Wildman–Crippen LogP) is 3.23.